The third-order valence-corrected chi connectivity index (χ3v) is 3.69. The van der Waals surface area contributed by atoms with Gasteiger partial charge in [0, 0.05) is 5.69 Å². The van der Waals surface area contributed by atoms with Crippen LogP contribution in [0.4, 0.5) is 14.5 Å². The van der Waals surface area contributed by atoms with E-state index in [4.69, 9.17) is 11.6 Å². The molecule has 2 rings (SSSR count). The van der Waals surface area contributed by atoms with Crippen molar-refractivity contribution in [1.82, 2.24) is 5.32 Å². The molecule has 1 aromatic carbocycles. The number of ether oxygens (including phenoxy) is 1. The van der Waals surface area contributed by atoms with Gasteiger partial charge in [-0.1, -0.05) is 18.5 Å². The second-order valence-electron chi connectivity index (χ2n) is 5.15. The van der Waals surface area contributed by atoms with E-state index in [2.05, 4.69) is 22.3 Å². The summed E-state index contributed by atoms with van der Waals surface area (Å²) in [5.41, 5.74) is 0.451. The van der Waals surface area contributed by atoms with Gasteiger partial charge in [0.2, 0.25) is 5.91 Å². The van der Waals surface area contributed by atoms with E-state index >= 15 is 0 Å². The number of carbonyl (C=O) groups is 1. The minimum Gasteiger partial charge on any atom is -0.433 e. The van der Waals surface area contributed by atoms with Crippen molar-refractivity contribution in [3.8, 4) is 5.75 Å². The van der Waals surface area contributed by atoms with E-state index in [0.717, 1.165) is 19.4 Å². The first-order chi connectivity index (χ1) is 9.95. The summed E-state index contributed by atoms with van der Waals surface area (Å²) in [5, 5.41) is 5.90. The number of carbonyl (C=O) groups excluding carboxylic acids is 1. The van der Waals surface area contributed by atoms with Crippen LogP contribution >= 0.6 is 11.6 Å². The molecule has 1 saturated heterocycles. The average molecular weight is 319 g/mol. The lowest BCUT2D eigenvalue weighted by molar-refractivity contribution is -0.119. The maximum Gasteiger partial charge on any atom is 0.387 e. The average Bonchev–Trinajstić information content (AvgIpc) is 2.41. The number of hydrogen-bond donors (Lipinski definition) is 2. The molecule has 0 bridgehead atoms. The third-order valence-electron chi connectivity index (χ3n) is 3.40. The van der Waals surface area contributed by atoms with Crippen LogP contribution in [0.2, 0.25) is 5.02 Å². The molecule has 2 atom stereocenters. The summed E-state index contributed by atoms with van der Waals surface area (Å²) in [6.45, 7) is -0.0220. The summed E-state index contributed by atoms with van der Waals surface area (Å²) in [4.78, 5) is 12.1. The van der Waals surface area contributed by atoms with Gasteiger partial charge in [0.05, 0.1) is 11.1 Å². The quantitative estimate of drug-likeness (QED) is 0.896. The first-order valence-electron chi connectivity index (χ1n) is 6.74. The van der Waals surface area contributed by atoms with Crippen LogP contribution < -0.4 is 15.4 Å². The molecular weight excluding hydrogens is 302 g/mol. The van der Waals surface area contributed by atoms with Crippen LogP contribution in [0.1, 0.15) is 19.8 Å². The third kappa shape index (κ3) is 4.54. The van der Waals surface area contributed by atoms with Gasteiger partial charge in [0.1, 0.15) is 5.75 Å². The fraction of sp³-hybridized carbons (Fsp3) is 0.500. The number of nitrogens with one attached hydrogen (secondary N) is 2. The van der Waals surface area contributed by atoms with Crippen molar-refractivity contribution in [2.24, 2.45) is 5.92 Å². The largest absolute Gasteiger partial charge is 0.433 e. The Kier molecular flexibility index (Phi) is 5.36. The lowest BCUT2D eigenvalue weighted by atomic mass is 9.94. The van der Waals surface area contributed by atoms with Crippen molar-refractivity contribution in [3.05, 3.63) is 23.2 Å². The maximum absolute atomic E-state index is 12.1. The van der Waals surface area contributed by atoms with Crippen molar-refractivity contribution in [1.29, 1.82) is 0 Å². The summed E-state index contributed by atoms with van der Waals surface area (Å²) in [5.74, 6) is 0.224. The normalized spacial score (nSPS) is 22.1. The van der Waals surface area contributed by atoms with Crippen molar-refractivity contribution >= 4 is 23.2 Å². The number of benzene rings is 1. The van der Waals surface area contributed by atoms with Gasteiger partial charge in [0.25, 0.3) is 0 Å². The number of rotatable bonds is 4. The van der Waals surface area contributed by atoms with Crippen LogP contribution in [-0.2, 0) is 4.79 Å². The molecule has 4 nitrogen and oxygen atoms in total. The maximum atomic E-state index is 12.1. The number of alkyl halides is 2. The molecule has 1 heterocycles. The van der Waals surface area contributed by atoms with Gasteiger partial charge in [-0.3, -0.25) is 4.79 Å². The predicted molar refractivity (Wildman–Crippen MR) is 76.9 cm³/mol. The van der Waals surface area contributed by atoms with Crippen LogP contribution in [0, 0.1) is 5.92 Å². The van der Waals surface area contributed by atoms with E-state index in [9.17, 15) is 13.6 Å². The van der Waals surface area contributed by atoms with Gasteiger partial charge in [-0.15, -0.1) is 0 Å². The lowest BCUT2D eigenvalue weighted by Gasteiger charge is -2.27. The van der Waals surface area contributed by atoms with E-state index in [1.54, 1.807) is 0 Å². The molecule has 0 aromatic heterocycles. The molecular formula is C14H17ClF2N2O2. The summed E-state index contributed by atoms with van der Waals surface area (Å²) in [7, 11) is 0. The first kappa shape index (κ1) is 16.0. The Morgan fingerprint density at radius 3 is 2.90 bits per heavy atom. The Balaban J connectivity index is 1.99. The van der Waals surface area contributed by atoms with Gasteiger partial charge < -0.3 is 15.4 Å². The van der Waals surface area contributed by atoms with Crippen LogP contribution in [0.15, 0.2) is 18.2 Å². The van der Waals surface area contributed by atoms with Crippen molar-refractivity contribution in [3.63, 3.8) is 0 Å². The van der Waals surface area contributed by atoms with Crippen LogP contribution in [0.5, 0.6) is 5.75 Å². The Morgan fingerprint density at radius 1 is 1.52 bits per heavy atom. The van der Waals surface area contributed by atoms with Crippen molar-refractivity contribution < 1.29 is 18.3 Å². The van der Waals surface area contributed by atoms with E-state index in [1.165, 1.54) is 18.2 Å². The molecule has 1 aromatic rings. The SMILES string of the molecule is CC1CCNC(C(=O)Nc2ccc(OC(F)F)c(Cl)c2)C1. The van der Waals surface area contributed by atoms with Crippen molar-refractivity contribution in [2.45, 2.75) is 32.4 Å². The molecule has 1 amide bonds. The highest BCUT2D eigenvalue weighted by atomic mass is 35.5. The Labute approximate surface area is 126 Å². The highest BCUT2D eigenvalue weighted by Crippen LogP contribution is 2.29. The minimum absolute atomic E-state index is 0.0260. The van der Waals surface area contributed by atoms with Gasteiger partial charge in [0.15, 0.2) is 0 Å². The van der Waals surface area contributed by atoms with E-state index in [1.807, 2.05) is 0 Å². The molecule has 0 saturated carbocycles. The molecule has 0 aliphatic carbocycles. The summed E-state index contributed by atoms with van der Waals surface area (Å²) < 4.78 is 28.5. The van der Waals surface area contributed by atoms with E-state index in [-0.39, 0.29) is 22.7 Å². The minimum atomic E-state index is -2.93. The van der Waals surface area contributed by atoms with E-state index in [0.29, 0.717) is 11.6 Å². The second kappa shape index (κ2) is 7.04. The lowest BCUT2D eigenvalue weighted by Crippen LogP contribution is -2.45. The van der Waals surface area contributed by atoms with Crippen LogP contribution in [0.3, 0.4) is 0 Å². The van der Waals surface area contributed by atoms with Gasteiger partial charge in [-0.05, 0) is 43.5 Å². The number of anilines is 1. The molecule has 7 heteroatoms. The van der Waals surface area contributed by atoms with Gasteiger partial charge in [-0.2, -0.15) is 8.78 Å². The second-order valence-corrected chi connectivity index (χ2v) is 5.56. The standard InChI is InChI=1S/C14H17ClF2N2O2/c1-8-4-5-18-11(6-8)13(20)19-9-2-3-12(10(15)7-9)21-14(16)17/h2-3,7-8,11,14,18H,4-6H2,1H3,(H,19,20). The number of piperidine rings is 1. The number of halogens is 3. The number of hydrogen-bond acceptors (Lipinski definition) is 3. The smallest absolute Gasteiger partial charge is 0.387 e. The molecule has 2 unspecified atom stereocenters. The Morgan fingerprint density at radius 2 is 2.29 bits per heavy atom. The topological polar surface area (TPSA) is 50.4 Å². The van der Waals surface area contributed by atoms with E-state index < -0.39 is 6.61 Å². The molecule has 1 aliphatic heterocycles. The molecule has 0 radical (unpaired) electrons. The molecule has 1 fully saturated rings. The molecule has 2 N–H and O–H groups in total. The van der Waals surface area contributed by atoms with Gasteiger partial charge in [-0.25, -0.2) is 0 Å². The Bertz CT molecular complexity index is 514. The van der Waals surface area contributed by atoms with Crippen LogP contribution in [0.25, 0.3) is 0 Å². The molecule has 1 aliphatic rings. The molecule has 0 spiro atoms. The Hall–Kier alpha value is -1.40. The highest BCUT2D eigenvalue weighted by Gasteiger charge is 2.24. The fourth-order valence-corrected chi connectivity index (χ4v) is 2.53. The zero-order valence-electron chi connectivity index (χ0n) is 11.5. The summed E-state index contributed by atoms with van der Waals surface area (Å²) >= 11 is 5.84. The summed E-state index contributed by atoms with van der Waals surface area (Å²) in [6, 6.07) is 3.93. The monoisotopic (exact) mass is 318 g/mol. The first-order valence-corrected chi connectivity index (χ1v) is 7.12. The van der Waals surface area contributed by atoms with Crippen LogP contribution in [-0.4, -0.2) is 25.1 Å². The predicted octanol–water partition coefficient (Wildman–Crippen LogP) is 3.27. The highest BCUT2D eigenvalue weighted by molar-refractivity contribution is 6.32. The fourth-order valence-electron chi connectivity index (χ4n) is 2.31. The number of amides is 1. The zero-order valence-corrected chi connectivity index (χ0v) is 12.3. The van der Waals surface area contributed by atoms with Gasteiger partial charge >= 0.3 is 6.61 Å². The summed E-state index contributed by atoms with van der Waals surface area (Å²) in [6.07, 6.45) is 1.82. The molecule has 116 valence electrons. The van der Waals surface area contributed by atoms with Crippen molar-refractivity contribution in [2.75, 3.05) is 11.9 Å². The zero-order chi connectivity index (χ0) is 15.4. The molecule has 21 heavy (non-hydrogen) atoms.